The summed E-state index contributed by atoms with van der Waals surface area (Å²) in [6.45, 7) is 0.629. The van der Waals surface area contributed by atoms with Crippen LogP contribution in [-0.2, 0) is 0 Å². The SMILES string of the molecule is CN(C)C(=NC1COc2ccccc21)N(C)C. The Morgan fingerprint density at radius 1 is 1.18 bits per heavy atom. The second kappa shape index (κ2) is 4.65. The van der Waals surface area contributed by atoms with Crippen LogP contribution in [0, 0.1) is 0 Å². The number of ether oxygens (including phenoxy) is 1. The largest absolute Gasteiger partial charge is 0.491 e. The van der Waals surface area contributed by atoms with Crippen molar-refractivity contribution in [1.29, 1.82) is 0 Å². The molecule has 0 saturated carbocycles. The number of guanidine groups is 1. The normalized spacial score (nSPS) is 17.1. The lowest BCUT2D eigenvalue weighted by Gasteiger charge is -2.23. The van der Waals surface area contributed by atoms with Gasteiger partial charge in [-0.05, 0) is 6.07 Å². The number of fused-ring (bicyclic) bond motifs is 1. The summed E-state index contributed by atoms with van der Waals surface area (Å²) in [6, 6.07) is 8.20. The standard InChI is InChI=1S/C13H19N3O/c1-15(2)13(16(3)4)14-11-9-17-12-8-6-5-7-10(11)12/h5-8,11H,9H2,1-4H3. The van der Waals surface area contributed by atoms with Gasteiger partial charge in [0, 0.05) is 33.8 Å². The predicted molar refractivity (Wildman–Crippen MR) is 69.5 cm³/mol. The van der Waals surface area contributed by atoms with E-state index in [9.17, 15) is 0 Å². The minimum Gasteiger partial charge on any atom is -0.491 e. The monoisotopic (exact) mass is 233 g/mol. The first-order chi connectivity index (χ1) is 8.09. The van der Waals surface area contributed by atoms with E-state index < -0.39 is 0 Å². The van der Waals surface area contributed by atoms with Gasteiger partial charge in [0.2, 0.25) is 0 Å². The molecule has 1 atom stereocenters. The fraction of sp³-hybridized carbons (Fsp3) is 0.462. The van der Waals surface area contributed by atoms with Crippen LogP contribution in [0.1, 0.15) is 11.6 Å². The molecule has 1 unspecified atom stereocenters. The molecule has 4 nitrogen and oxygen atoms in total. The van der Waals surface area contributed by atoms with Crippen LogP contribution in [0.15, 0.2) is 29.3 Å². The summed E-state index contributed by atoms with van der Waals surface area (Å²) in [5.74, 6) is 1.91. The number of hydrogen-bond acceptors (Lipinski definition) is 2. The van der Waals surface area contributed by atoms with Crippen molar-refractivity contribution in [3.63, 3.8) is 0 Å². The molecule has 1 heterocycles. The van der Waals surface area contributed by atoms with E-state index in [1.54, 1.807) is 0 Å². The highest BCUT2D eigenvalue weighted by Crippen LogP contribution is 2.34. The van der Waals surface area contributed by atoms with Crippen LogP contribution >= 0.6 is 0 Å². The molecule has 0 aromatic heterocycles. The van der Waals surface area contributed by atoms with Gasteiger partial charge >= 0.3 is 0 Å². The van der Waals surface area contributed by atoms with E-state index in [2.05, 4.69) is 6.07 Å². The minimum atomic E-state index is 0.103. The summed E-state index contributed by atoms with van der Waals surface area (Å²) in [6.07, 6.45) is 0. The Hall–Kier alpha value is -1.71. The quantitative estimate of drug-likeness (QED) is 0.545. The average molecular weight is 233 g/mol. The summed E-state index contributed by atoms with van der Waals surface area (Å²) in [5, 5.41) is 0. The van der Waals surface area contributed by atoms with Gasteiger partial charge in [-0.1, -0.05) is 18.2 Å². The van der Waals surface area contributed by atoms with Crippen LogP contribution < -0.4 is 4.74 Å². The Morgan fingerprint density at radius 2 is 1.82 bits per heavy atom. The van der Waals surface area contributed by atoms with E-state index in [-0.39, 0.29) is 6.04 Å². The van der Waals surface area contributed by atoms with Gasteiger partial charge in [-0.15, -0.1) is 0 Å². The third-order valence-electron chi connectivity index (χ3n) is 2.75. The second-order valence-corrected chi connectivity index (χ2v) is 4.58. The predicted octanol–water partition coefficient (Wildman–Crippen LogP) is 1.60. The molecule has 17 heavy (non-hydrogen) atoms. The summed E-state index contributed by atoms with van der Waals surface area (Å²) in [5.41, 5.74) is 1.17. The highest BCUT2D eigenvalue weighted by atomic mass is 16.5. The smallest absolute Gasteiger partial charge is 0.196 e. The van der Waals surface area contributed by atoms with Crippen LogP contribution in [0.3, 0.4) is 0 Å². The van der Waals surface area contributed by atoms with Crippen molar-refractivity contribution in [2.75, 3.05) is 34.8 Å². The molecule has 0 amide bonds. The topological polar surface area (TPSA) is 28.1 Å². The van der Waals surface area contributed by atoms with E-state index in [0.29, 0.717) is 6.61 Å². The van der Waals surface area contributed by atoms with Gasteiger partial charge < -0.3 is 14.5 Å². The number of nitrogens with zero attached hydrogens (tertiary/aromatic N) is 3. The lowest BCUT2D eigenvalue weighted by molar-refractivity contribution is 0.331. The van der Waals surface area contributed by atoms with Crippen LogP contribution in [0.2, 0.25) is 0 Å². The highest BCUT2D eigenvalue weighted by Gasteiger charge is 2.24. The molecule has 0 radical (unpaired) electrons. The molecule has 2 rings (SSSR count). The van der Waals surface area contributed by atoms with Crippen LogP contribution in [0.5, 0.6) is 5.75 Å². The zero-order valence-electron chi connectivity index (χ0n) is 10.8. The fourth-order valence-corrected chi connectivity index (χ4v) is 2.02. The van der Waals surface area contributed by atoms with Crippen LogP contribution in [0.25, 0.3) is 0 Å². The van der Waals surface area contributed by atoms with E-state index >= 15 is 0 Å². The molecule has 0 spiro atoms. The molecule has 0 aliphatic carbocycles. The first-order valence-electron chi connectivity index (χ1n) is 5.73. The maximum atomic E-state index is 5.63. The molecule has 0 fully saturated rings. The molecule has 0 saturated heterocycles. The number of aliphatic imine (C=N–C) groups is 1. The molecule has 4 heteroatoms. The molecular weight excluding hydrogens is 214 g/mol. The average Bonchev–Trinajstić information content (AvgIpc) is 2.68. The van der Waals surface area contributed by atoms with Crippen molar-refractivity contribution in [1.82, 2.24) is 9.80 Å². The van der Waals surface area contributed by atoms with E-state index in [4.69, 9.17) is 9.73 Å². The van der Waals surface area contributed by atoms with Crippen molar-refractivity contribution < 1.29 is 4.74 Å². The van der Waals surface area contributed by atoms with Gasteiger partial charge in [0.25, 0.3) is 0 Å². The Kier molecular flexibility index (Phi) is 3.22. The Morgan fingerprint density at radius 3 is 2.47 bits per heavy atom. The fourth-order valence-electron chi connectivity index (χ4n) is 2.02. The van der Waals surface area contributed by atoms with Crippen molar-refractivity contribution in [3.05, 3.63) is 29.8 Å². The first-order valence-corrected chi connectivity index (χ1v) is 5.73. The third kappa shape index (κ3) is 2.35. The summed E-state index contributed by atoms with van der Waals surface area (Å²) < 4.78 is 5.63. The summed E-state index contributed by atoms with van der Waals surface area (Å²) in [7, 11) is 8.00. The molecule has 0 N–H and O–H groups in total. The lowest BCUT2D eigenvalue weighted by Crippen LogP contribution is -2.35. The maximum absolute atomic E-state index is 5.63. The van der Waals surface area contributed by atoms with Gasteiger partial charge in [-0.2, -0.15) is 0 Å². The molecule has 1 aliphatic rings. The number of rotatable bonds is 1. The first kappa shape index (κ1) is 11.8. The summed E-state index contributed by atoms with van der Waals surface area (Å²) >= 11 is 0. The van der Waals surface area contributed by atoms with Crippen molar-refractivity contribution in [2.45, 2.75) is 6.04 Å². The van der Waals surface area contributed by atoms with Gasteiger partial charge in [0.05, 0.1) is 0 Å². The van der Waals surface area contributed by atoms with E-state index in [1.807, 2.05) is 56.2 Å². The van der Waals surface area contributed by atoms with Crippen LogP contribution in [0.4, 0.5) is 0 Å². The molecule has 1 aromatic carbocycles. The Balaban J connectivity index is 2.28. The molecule has 0 bridgehead atoms. The highest BCUT2D eigenvalue weighted by molar-refractivity contribution is 5.79. The molecule has 1 aromatic rings. The van der Waals surface area contributed by atoms with Crippen LogP contribution in [-0.4, -0.2) is 50.6 Å². The number of para-hydroxylation sites is 1. The summed E-state index contributed by atoms with van der Waals surface area (Å²) in [4.78, 5) is 8.79. The van der Waals surface area contributed by atoms with Gasteiger partial charge in [-0.3, -0.25) is 0 Å². The lowest BCUT2D eigenvalue weighted by atomic mass is 10.1. The zero-order valence-corrected chi connectivity index (χ0v) is 10.8. The van der Waals surface area contributed by atoms with Gasteiger partial charge in [-0.25, -0.2) is 4.99 Å². The number of benzene rings is 1. The van der Waals surface area contributed by atoms with Gasteiger partial charge in [0.1, 0.15) is 18.4 Å². The number of hydrogen-bond donors (Lipinski definition) is 0. The third-order valence-corrected chi connectivity index (χ3v) is 2.75. The van der Waals surface area contributed by atoms with Crippen molar-refractivity contribution in [3.8, 4) is 5.75 Å². The zero-order chi connectivity index (χ0) is 12.4. The minimum absolute atomic E-state index is 0.103. The van der Waals surface area contributed by atoms with Gasteiger partial charge in [0.15, 0.2) is 5.96 Å². The maximum Gasteiger partial charge on any atom is 0.196 e. The Bertz CT molecular complexity index is 416. The van der Waals surface area contributed by atoms with E-state index in [1.165, 1.54) is 5.56 Å². The van der Waals surface area contributed by atoms with E-state index in [0.717, 1.165) is 11.7 Å². The molecule has 92 valence electrons. The second-order valence-electron chi connectivity index (χ2n) is 4.58. The van der Waals surface area contributed by atoms with Crippen molar-refractivity contribution >= 4 is 5.96 Å². The van der Waals surface area contributed by atoms with Crippen molar-refractivity contribution in [2.24, 2.45) is 4.99 Å². The molecular formula is C13H19N3O. The molecule has 1 aliphatic heterocycles. The Labute approximate surface area is 103 Å².